The van der Waals surface area contributed by atoms with E-state index in [1.165, 1.54) is 19.4 Å². The highest BCUT2D eigenvalue weighted by molar-refractivity contribution is 5.89. The molecule has 1 aromatic carbocycles. The van der Waals surface area contributed by atoms with Gasteiger partial charge in [-0.3, -0.25) is 4.90 Å². The number of benzene rings is 1. The summed E-state index contributed by atoms with van der Waals surface area (Å²) in [6.45, 7) is 7.26. The summed E-state index contributed by atoms with van der Waals surface area (Å²) in [5.74, 6) is -0.864. The first-order valence-corrected chi connectivity index (χ1v) is 6.93. The molecular weight excluding hydrogens is 240 g/mol. The molecule has 0 spiro atoms. The summed E-state index contributed by atoms with van der Waals surface area (Å²) in [5.41, 5.74) is 2.18. The standard InChI is InChI=1S/C15H22N2O2/c1-3-17-8-4-5-13(17)10-16-12-6-7-14(15(18)19)11(2)9-12/h6-7,9,13,16H,3-5,8,10H2,1-2H3,(H,18,19). The fourth-order valence-electron chi connectivity index (χ4n) is 2.79. The predicted octanol–water partition coefficient (Wildman–Crippen LogP) is 2.59. The van der Waals surface area contributed by atoms with Crippen LogP contribution in [0.4, 0.5) is 5.69 Å². The van der Waals surface area contributed by atoms with Crippen LogP contribution in [0.1, 0.15) is 35.7 Å². The maximum absolute atomic E-state index is 11.0. The molecule has 1 aliphatic heterocycles. The quantitative estimate of drug-likeness (QED) is 0.856. The average molecular weight is 262 g/mol. The van der Waals surface area contributed by atoms with Crippen LogP contribution >= 0.6 is 0 Å². The monoisotopic (exact) mass is 262 g/mol. The Balaban J connectivity index is 1.96. The van der Waals surface area contributed by atoms with Crippen molar-refractivity contribution in [2.45, 2.75) is 32.7 Å². The number of anilines is 1. The van der Waals surface area contributed by atoms with Crippen LogP contribution in [0.15, 0.2) is 18.2 Å². The Hall–Kier alpha value is -1.55. The second-order valence-electron chi connectivity index (χ2n) is 5.14. The summed E-state index contributed by atoms with van der Waals surface area (Å²) in [6.07, 6.45) is 2.52. The number of carbonyl (C=O) groups is 1. The van der Waals surface area contributed by atoms with Gasteiger partial charge in [0.05, 0.1) is 5.56 Å². The molecule has 1 heterocycles. The molecule has 1 unspecified atom stereocenters. The SMILES string of the molecule is CCN1CCCC1CNc1ccc(C(=O)O)c(C)c1. The number of likely N-dealkylation sites (tertiary alicyclic amines) is 1. The molecule has 1 aromatic rings. The number of hydrogen-bond donors (Lipinski definition) is 2. The Kier molecular flexibility index (Phi) is 4.43. The van der Waals surface area contributed by atoms with Gasteiger partial charge in [0, 0.05) is 18.3 Å². The van der Waals surface area contributed by atoms with Gasteiger partial charge in [0.25, 0.3) is 0 Å². The van der Waals surface area contributed by atoms with E-state index in [0.717, 1.165) is 24.3 Å². The minimum Gasteiger partial charge on any atom is -0.478 e. The zero-order valence-corrected chi connectivity index (χ0v) is 11.6. The first kappa shape index (κ1) is 13.9. The van der Waals surface area contributed by atoms with Crippen LogP contribution in [0.25, 0.3) is 0 Å². The van der Waals surface area contributed by atoms with Gasteiger partial charge in [-0.05, 0) is 56.6 Å². The smallest absolute Gasteiger partial charge is 0.335 e. The number of carboxylic acids is 1. The van der Waals surface area contributed by atoms with Gasteiger partial charge in [-0.2, -0.15) is 0 Å². The summed E-state index contributed by atoms with van der Waals surface area (Å²) >= 11 is 0. The highest BCUT2D eigenvalue weighted by Gasteiger charge is 2.22. The number of carboxylic acid groups (broad SMARTS) is 1. The van der Waals surface area contributed by atoms with Crippen molar-refractivity contribution in [2.24, 2.45) is 0 Å². The number of aromatic carboxylic acids is 1. The maximum atomic E-state index is 11.0. The number of likely N-dealkylation sites (N-methyl/N-ethyl adjacent to an activating group) is 1. The Morgan fingerprint density at radius 2 is 2.32 bits per heavy atom. The van der Waals surface area contributed by atoms with E-state index in [-0.39, 0.29) is 0 Å². The molecule has 4 heteroatoms. The summed E-state index contributed by atoms with van der Waals surface area (Å²) in [5, 5.41) is 12.4. The number of hydrogen-bond acceptors (Lipinski definition) is 3. The molecule has 0 radical (unpaired) electrons. The van der Waals surface area contributed by atoms with Gasteiger partial charge in [-0.1, -0.05) is 6.92 Å². The van der Waals surface area contributed by atoms with Crippen LogP contribution < -0.4 is 5.32 Å². The molecule has 2 rings (SSSR count). The molecule has 0 saturated carbocycles. The topological polar surface area (TPSA) is 52.6 Å². The third-order valence-corrected chi connectivity index (χ3v) is 3.90. The summed E-state index contributed by atoms with van der Waals surface area (Å²) in [4.78, 5) is 13.4. The fraction of sp³-hybridized carbons (Fsp3) is 0.533. The predicted molar refractivity (Wildman–Crippen MR) is 76.9 cm³/mol. The van der Waals surface area contributed by atoms with E-state index in [9.17, 15) is 4.79 Å². The van der Waals surface area contributed by atoms with Gasteiger partial charge in [0.2, 0.25) is 0 Å². The second kappa shape index (κ2) is 6.06. The molecule has 4 nitrogen and oxygen atoms in total. The first-order chi connectivity index (χ1) is 9.11. The van der Waals surface area contributed by atoms with Gasteiger partial charge in [-0.15, -0.1) is 0 Å². The second-order valence-corrected chi connectivity index (χ2v) is 5.14. The number of aryl methyl sites for hydroxylation is 1. The van der Waals surface area contributed by atoms with Crippen LogP contribution in [0.2, 0.25) is 0 Å². The summed E-state index contributed by atoms with van der Waals surface area (Å²) in [6, 6.07) is 6.03. The Bertz CT molecular complexity index is 459. The Morgan fingerprint density at radius 3 is 2.95 bits per heavy atom. The zero-order valence-electron chi connectivity index (χ0n) is 11.6. The molecule has 1 fully saturated rings. The molecule has 19 heavy (non-hydrogen) atoms. The largest absolute Gasteiger partial charge is 0.478 e. The van der Waals surface area contributed by atoms with E-state index in [0.29, 0.717) is 11.6 Å². The van der Waals surface area contributed by atoms with Crippen molar-refractivity contribution in [3.05, 3.63) is 29.3 Å². The molecule has 1 aliphatic rings. The lowest BCUT2D eigenvalue weighted by molar-refractivity contribution is 0.0696. The molecular formula is C15H22N2O2. The van der Waals surface area contributed by atoms with Crippen LogP contribution in [0.3, 0.4) is 0 Å². The van der Waals surface area contributed by atoms with Crippen molar-refractivity contribution < 1.29 is 9.90 Å². The summed E-state index contributed by atoms with van der Waals surface area (Å²) in [7, 11) is 0. The lowest BCUT2D eigenvalue weighted by atomic mass is 10.1. The van der Waals surface area contributed by atoms with Gasteiger partial charge >= 0.3 is 5.97 Å². The van der Waals surface area contributed by atoms with Crippen molar-refractivity contribution in [2.75, 3.05) is 25.0 Å². The lowest BCUT2D eigenvalue weighted by Crippen LogP contribution is -2.34. The van der Waals surface area contributed by atoms with Crippen LogP contribution in [0, 0.1) is 6.92 Å². The van der Waals surface area contributed by atoms with Crippen molar-refractivity contribution in [3.8, 4) is 0 Å². The van der Waals surface area contributed by atoms with Gasteiger partial charge < -0.3 is 10.4 Å². The molecule has 2 N–H and O–H groups in total. The first-order valence-electron chi connectivity index (χ1n) is 6.93. The number of rotatable bonds is 5. The van der Waals surface area contributed by atoms with E-state index in [1.54, 1.807) is 6.07 Å². The van der Waals surface area contributed by atoms with E-state index in [1.807, 2.05) is 19.1 Å². The molecule has 0 amide bonds. The lowest BCUT2D eigenvalue weighted by Gasteiger charge is -2.23. The van der Waals surface area contributed by atoms with Gasteiger partial charge in [0.1, 0.15) is 0 Å². The minimum atomic E-state index is -0.864. The third kappa shape index (κ3) is 3.26. The molecule has 0 aliphatic carbocycles. The van der Waals surface area contributed by atoms with E-state index >= 15 is 0 Å². The maximum Gasteiger partial charge on any atom is 0.335 e. The fourth-order valence-corrected chi connectivity index (χ4v) is 2.79. The highest BCUT2D eigenvalue weighted by Crippen LogP contribution is 2.19. The van der Waals surface area contributed by atoms with Crippen molar-refractivity contribution >= 4 is 11.7 Å². The normalized spacial score (nSPS) is 19.6. The van der Waals surface area contributed by atoms with E-state index < -0.39 is 5.97 Å². The third-order valence-electron chi connectivity index (χ3n) is 3.90. The van der Waals surface area contributed by atoms with Crippen LogP contribution in [-0.2, 0) is 0 Å². The Labute approximate surface area is 114 Å². The highest BCUT2D eigenvalue weighted by atomic mass is 16.4. The average Bonchev–Trinajstić information content (AvgIpc) is 2.83. The molecule has 1 saturated heterocycles. The zero-order chi connectivity index (χ0) is 13.8. The molecule has 0 aromatic heterocycles. The van der Waals surface area contributed by atoms with Crippen LogP contribution in [0.5, 0.6) is 0 Å². The number of nitrogens with one attached hydrogen (secondary N) is 1. The van der Waals surface area contributed by atoms with Gasteiger partial charge in [-0.25, -0.2) is 4.79 Å². The van der Waals surface area contributed by atoms with Gasteiger partial charge in [0.15, 0.2) is 0 Å². The molecule has 0 bridgehead atoms. The van der Waals surface area contributed by atoms with Crippen molar-refractivity contribution in [1.82, 2.24) is 4.90 Å². The number of nitrogens with zero attached hydrogens (tertiary/aromatic N) is 1. The molecule has 1 atom stereocenters. The minimum absolute atomic E-state index is 0.376. The summed E-state index contributed by atoms with van der Waals surface area (Å²) < 4.78 is 0. The van der Waals surface area contributed by atoms with Crippen LogP contribution in [-0.4, -0.2) is 41.7 Å². The van der Waals surface area contributed by atoms with Crippen molar-refractivity contribution in [1.29, 1.82) is 0 Å². The molecule has 104 valence electrons. The Morgan fingerprint density at radius 1 is 1.53 bits per heavy atom. The van der Waals surface area contributed by atoms with Crippen molar-refractivity contribution in [3.63, 3.8) is 0 Å². The van der Waals surface area contributed by atoms with E-state index in [2.05, 4.69) is 17.1 Å². The van der Waals surface area contributed by atoms with E-state index in [4.69, 9.17) is 5.11 Å².